The van der Waals surface area contributed by atoms with E-state index in [2.05, 4.69) is 4.72 Å². The maximum absolute atomic E-state index is 11.8. The lowest BCUT2D eigenvalue weighted by Crippen LogP contribution is -2.46. The molecule has 0 radical (unpaired) electrons. The summed E-state index contributed by atoms with van der Waals surface area (Å²) in [6.07, 6.45) is 1.25. The number of carbonyl (C=O) groups is 1. The Morgan fingerprint density at radius 3 is 2.59 bits per heavy atom. The average molecular weight is 265 g/mol. The standard InChI is InChI=1S/C10H19NO5S/c1-7(2)9(10(12)13)11-17(14,15)6-8-4-3-5-16-8/h7-9,11H,3-6H2,1-2H3,(H,12,13). The molecule has 0 aliphatic carbocycles. The Hall–Kier alpha value is -0.660. The minimum Gasteiger partial charge on any atom is -0.480 e. The molecule has 0 aromatic heterocycles. The van der Waals surface area contributed by atoms with Gasteiger partial charge in [0, 0.05) is 6.61 Å². The van der Waals surface area contributed by atoms with Crippen LogP contribution < -0.4 is 4.72 Å². The van der Waals surface area contributed by atoms with Crippen molar-refractivity contribution in [3.8, 4) is 0 Å². The lowest BCUT2D eigenvalue weighted by Gasteiger charge is -2.19. The first-order valence-corrected chi connectivity index (χ1v) is 7.31. The Morgan fingerprint density at radius 2 is 2.18 bits per heavy atom. The quantitative estimate of drug-likeness (QED) is 0.715. The smallest absolute Gasteiger partial charge is 0.321 e. The molecule has 17 heavy (non-hydrogen) atoms. The number of nitrogens with one attached hydrogen (secondary N) is 1. The summed E-state index contributed by atoms with van der Waals surface area (Å²) in [6.45, 7) is 3.90. The monoisotopic (exact) mass is 265 g/mol. The maximum Gasteiger partial charge on any atom is 0.321 e. The minimum absolute atomic E-state index is 0.163. The van der Waals surface area contributed by atoms with Crippen molar-refractivity contribution >= 4 is 16.0 Å². The van der Waals surface area contributed by atoms with Crippen molar-refractivity contribution in [3.63, 3.8) is 0 Å². The van der Waals surface area contributed by atoms with Crippen molar-refractivity contribution in [1.82, 2.24) is 4.72 Å². The van der Waals surface area contributed by atoms with Crippen LogP contribution in [0.3, 0.4) is 0 Å². The van der Waals surface area contributed by atoms with E-state index in [1.54, 1.807) is 13.8 Å². The molecule has 6 nitrogen and oxygen atoms in total. The molecular weight excluding hydrogens is 246 g/mol. The summed E-state index contributed by atoms with van der Waals surface area (Å²) in [5.74, 6) is -1.62. The maximum atomic E-state index is 11.8. The van der Waals surface area contributed by atoms with Gasteiger partial charge in [-0.15, -0.1) is 0 Å². The zero-order valence-electron chi connectivity index (χ0n) is 10.0. The molecule has 0 saturated carbocycles. The number of hydrogen-bond acceptors (Lipinski definition) is 4. The summed E-state index contributed by atoms with van der Waals surface area (Å²) >= 11 is 0. The Labute approximate surface area is 101 Å². The predicted molar refractivity (Wildman–Crippen MR) is 62.2 cm³/mol. The van der Waals surface area contributed by atoms with E-state index in [0.29, 0.717) is 13.0 Å². The summed E-state index contributed by atoms with van der Waals surface area (Å²) < 4.78 is 30.9. The van der Waals surface area contributed by atoms with Crippen molar-refractivity contribution in [3.05, 3.63) is 0 Å². The number of carboxylic acid groups (broad SMARTS) is 1. The van der Waals surface area contributed by atoms with Crippen molar-refractivity contribution < 1.29 is 23.1 Å². The first-order valence-electron chi connectivity index (χ1n) is 5.66. The van der Waals surface area contributed by atoms with Crippen molar-refractivity contribution in [2.75, 3.05) is 12.4 Å². The molecule has 100 valence electrons. The second kappa shape index (κ2) is 5.79. The van der Waals surface area contributed by atoms with E-state index in [0.717, 1.165) is 6.42 Å². The number of ether oxygens (including phenoxy) is 1. The van der Waals surface area contributed by atoms with Gasteiger partial charge in [-0.2, -0.15) is 0 Å². The number of sulfonamides is 1. The van der Waals surface area contributed by atoms with E-state index in [9.17, 15) is 13.2 Å². The highest BCUT2D eigenvalue weighted by Gasteiger charge is 2.30. The molecule has 0 amide bonds. The van der Waals surface area contributed by atoms with Gasteiger partial charge >= 0.3 is 5.97 Å². The van der Waals surface area contributed by atoms with Gasteiger partial charge in [-0.05, 0) is 18.8 Å². The molecular formula is C10H19NO5S. The first kappa shape index (κ1) is 14.4. The van der Waals surface area contributed by atoms with Crippen molar-refractivity contribution in [2.45, 2.75) is 38.8 Å². The molecule has 2 N–H and O–H groups in total. The van der Waals surface area contributed by atoms with Gasteiger partial charge in [-0.3, -0.25) is 4.79 Å². The minimum atomic E-state index is -3.61. The van der Waals surface area contributed by atoms with E-state index in [4.69, 9.17) is 9.84 Å². The molecule has 0 spiro atoms. The third-order valence-corrected chi connectivity index (χ3v) is 4.09. The van der Waals surface area contributed by atoms with Crippen LogP contribution in [0.25, 0.3) is 0 Å². The lowest BCUT2D eigenvalue weighted by molar-refractivity contribution is -0.140. The summed E-state index contributed by atoms with van der Waals surface area (Å²) in [4.78, 5) is 10.9. The fourth-order valence-electron chi connectivity index (χ4n) is 1.73. The van der Waals surface area contributed by atoms with Gasteiger partial charge in [0.1, 0.15) is 6.04 Å². The molecule has 0 bridgehead atoms. The SMILES string of the molecule is CC(C)C(NS(=O)(=O)CC1CCCO1)C(=O)O. The largest absolute Gasteiger partial charge is 0.480 e. The fraction of sp³-hybridized carbons (Fsp3) is 0.900. The summed E-state index contributed by atoms with van der Waals surface area (Å²) in [5.41, 5.74) is 0. The summed E-state index contributed by atoms with van der Waals surface area (Å²) in [6, 6.07) is -1.08. The molecule has 2 unspecified atom stereocenters. The van der Waals surface area contributed by atoms with Crippen LogP contribution >= 0.6 is 0 Å². The van der Waals surface area contributed by atoms with Crippen LogP contribution in [0.5, 0.6) is 0 Å². The molecule has 1 fully saturated rings. The fourth-order valence-corrected chi connectivity index (χ4v) is 3.34. The number of hydrogen-bond donors (Lipinski definition) is 2. The topological polar surface area (TPSA) is 92.7 Å². The molecule has 1 heterocycles. The van der Waals surface area contributed by atoms with E-state index in [-0.39, 0.29) is 17.8 Å². The van der Waals surface area contributed by atoms with Crippen LogP contribution in [0, 0.1) is 5.92 Å². The molecule has 1 rings (SSSR count). The molecule has 0 aromatic carbocycles. The van der Waals surface area contributed by atoms with Crippen LogP contribution in [-0.2, 0) is 19.6 Å². The highest BCUT2D eigenvalue weighted by Crippen LogP contribution is 2.14. The molecule has 7 heteroatoms. The van der Waals surface area contributed by atoms with Crippen LogP contribution in [0.1, 0.15) is 26.7 Å². The van der Waals surface area contributed by atoms with Crippen molar-refractivity contribution in [1.29, 1.82) is 0 Å². The number of aliphatic carboxylic acids is 1. The number of carboxylic acids is 1. The van der Waals surface area contributed by atoms with Gasteiger partial charge in [0.2, 0.25) is 10.0 Å². The van der Waals surface area contributed by atoms with Gasteiger partial charge in [0.05, 0.1) is 11.9 Å². The molecule has 1 aliphatic heterocycles. The second-order valence-electron chi connectivity index (χ2n) is 4.59. The van der Waals surface area contributed by atoms with Gasteiger partial charge in [0.25, 0.3) is 0 Å². The summed E-state index contributed by atoms with van der Waals surface area (Å²) in [7, 11) is -3.61. The Kier molecular flexibility index (Phi) is 4.91. The van der Waals surface area contributed by atoms with Crippen LogP contribution in [0.2, 0.25) is 0 Å². The van der Waals surface area contributed by atoms with Crippen LogP contribution in [0.4, 0.5) is 0 Å². The van der Waals surface area contributed by atoms with Crippen LogP contribution in [0.15, 0.2) is 0 Å². The lowest BCUT2D eigenvalue weighted by atomic mass is 10.1. The first-order chi connectivity index (χ1) is 7.82. The molecule has 2 atom stereocenters. The molecule has 0 aromatic rings. The summed E-state index contributed by atoms with van der Waals surface area (Å²) in [5, 5.41) is 8.91. The second-order valence-corrected chi connectivity index (χ2v) is 6.39. The van der Waals surface area contributed by atoms with Gasteiger partial charge in [-0.1, -0.05) is 13.8 Å². The van der Waals surface area contributed by atoms with Gasteiger partial charge < -0.3 is 9.84 Å². The average Bonchev–Trinajstić information content (AvgIpc) is 2.65. The zero-order chi connectivity index (χ0) is 13.1. The Balaban J connectivity index is 2.60. The van der Waals surface area contributed by atoms with Gasteiger partial charge in [0.15, 0.2) is 0 Å². The van der Waals surface area contributed by atoms with Gasteiger partial charge in [-0.25, -0.2) is 13.1 Å². The predicted octanol–water partition coefficient (Wildman–Crippen LogP) is 0.194. The number of rotatable bonds is 6. The Bertz CT molecular complexity index is 359. The third kappa shape index (κ3) is 4.61. The van der Waals surface area contributed by atoms with E-state index in [1.807, 2.05) is 0 Å². The third-order valence-electron chi connectivity index (χ3n) is 2.67. The van der Waals surface area contributed by atoms with E-state index in [1.165, 1.54) is 0 Å². The molecule has 1 saturated heterocycles. The highest BCUT2D eigenvalue weighted by molar-refractivity contribution is 7.89. The highest BCUT2D eigenvalue weighted by atomic mass is 32.2. The molecule has 1 aliphatic rings. The van der Waals surface area contributed by atoms with Crippen LogP contribution in [-0.4, -0.2) is 44.0 Å². The van der Waals surface area contributed by atoms with Crippen molar-refractivity contribution in [2.24, 2.45) is 5.92 Å². The van der Waals surface area contributed by atoms with E-state index >= 15 is 0 Å². The Morgan fingerprint density at radius 1 is 1.53 bits per heavy atom. The van der Waals surface area contributed by atoms with E-state index < -0.39 is 22.0 Å². The zero-order valence-corrected chi connectivity index (χ0v) is 10.9. The normalized spacial score (nSPS) is 22.9.